The zero-order valence-corrected chi connectivity index (χ0v) is 34.7. The summed E-state index contributed by atoms with van der Waals surface area (Å²) < 4.78 is 69.3. The summed E-state index contributed by atoms with van der Waals surface area (Å²) in [6.07, 6.45) is 1.82. The quantitative estimate of drug-likeness (QED) is 0.239. The summed E-state index contributed by atoms with van der Waals surface area (Å²) >= 11 is 0. The summed E-state index contributed by atoms with van der Waals surface area (Å²) in [5.74, 6) is -3.19. The number of pyridine rings is 1. The van der Waals surface area contributed by atoms with Gasteiger partial charge in [-0.15, -0.1) is 0 Å². The monoisotopic (exact) mass is 831 g/mol. The molecular formula is C41H55F2N5O9S. The molecule has 318 valence electrons. The van der Waals surface area contributed by atoms with E-state index in [1.54, 1.807) is 32.1 Å². The molecule has 2 aliphatic carbocycles. The lowest BCUT2D eigenvalue weighted by Crippen LogP contribution is -2.65. The van der Waals surface area contributed by atoms with Gasteiger partial charge in [0.2, 0.25) is 27.7 Å². The molecule has 14 nitrogen and oxygen atoms in total. The Bertz CT molecular complexity index is 2060. The number of amides is 4. The summed E-state index contributed by atoms with van der Waals surface area (Å²) in [5.41, 5.74) is -3.96. The SMILES string of the molecule is CCOc1cnc(O[C@@H]2C[C@H]3C(=O)N[C@]4(C(=O)NS(=O)(=O)C5(C)CC5)C[C@H]4C=CCC[C@H](C)C[C@@H](CC)[C@H](N(C(=O)O)C(C)(C)C(F)F)C(=O)N3C2)c2ccccc12. The Labute approximate surface area is 338 Å². The van der Waals surface area contributed by atoms with E-state index in [0.29, 0.717) is 60.1 Å². The molecule has 3 N–H and O–H groups in total. The maximum atomic E-state index is 15.2. The lowest BCUT2D eigenvalue weighted by Gasteiger charge is -2.45. The van der Waals surface area contributed by atoms with Gasteiger partial charge in [-0.3, -0.25) is 24.0 Å². The van der Waals surface area contributed by atoms with Crippen LogP contribution in [0.4, 0.5) is 13.6 Å². The minimum absolute atomic E-state index is 0.0822. The van der Waals surface area contributed by atoms with Crippen LogP contribution in [-0.4, -0.2) is 106 Å². The standard InChI is InChI=1S/C41H55F2N5O9S/c1-7-25-19-24(3)13-9-10-14-26-21-41(26,37(51)46-58(54,55)40(6)17-18-40)45-33(49)30-20-27(57-34-29-16-12-11-15-28(29)31(22-44-34)56-8-2)23-47(30)35(50)32(25)48(38(52)53)39(4,5)36(42)43/h10-12,14-16,22,24-27,30,32,36H,7-9,13,17-21,23H2,1-6H3,(H,45,49)(H,46,51)(H,52,53)/t24-,25+,26+,27+,30-,32-,41+/m0/s1. The van der Waals surface area contributed by atoms with Crippen LogP contribution in [0.5, 0.6) is 11.6 Å². The Kier molecular flexibility index (Phi) is 12.1. The fraction of sp³-hybridized carbons (Fsp3) is 0.634. The molecule has 3 heterocycles. The molecule has 1 aromatic carbocycles. The van der Waals surface area contributed by atoms with Crippen molar-refractivity contribution in [2.24, 2.45) is 17.8 Å². The van der Waals surface area contributed by atoms with Gasteiger partial charge in [-0.25, -0.2) is 27.0 Å². The Balaban J connectivity index is 1.43. The second-order valence-electron chi connectivity index (χ2n) is 17.1. The lowest BCUT2D eigenvalue weighted by molar-refractivity contribution is -0.149. The van der Waals surface area contributed by atoms with Gasteiger partial charge in [-0.2, -0.15) is 0 Å². The molecule has 17 heteroatoms. The van der Waals surface area contributed by atoms with Gasteiger partial charge in [-0.1, -0.05) is 50.6 Å². The highest BCUT2D eigenvalue weighted by molar-refractivity contribution is 7.91. The molecule has 2 aliphatic heterocycles. The molecule has 0 unspecified atom stereocenters. The van der Waals surface area contributed by atoms with Crippen molar-refractivity contribution in [3.05, 3.63) is 42.6 Å². The summed E-state index contributed by atoms with van der Waals surface area (Å²) in [6.45, 7) is 9.38. The van der Waals surface area contributed by atoms with E-state index in [-0.39, 0.29) is 37.6 Å². The Hall–Kier alpha value is -4.54. The summed E-state index contributed by atoms with van der Waals surface area (Å²) in [4.78, 5) is 63.1. The number of ether oxygens (including phenoxy) is 2. The maximum Gasteiger partial charge on any atom is 0.408 e. The topological polar surface area (TPSA) is 185 Å². The van der Waals surface area contributed by atoms with Gasteiger partial charge in [-0.05, 0) is 84.1 Å². The number of hydrogen-bond donors (Lipinski definition) is 3. The number of nitrogens with one attached hydrogen (secondary N) is 2. The van der Waals surface area contributed by atoms with E-state index in [2.05, 4.69) is 15.0 Å². The lowest BCUT2D eigenvalue weighted by atomic mass is 9.82. The second-order valence-corrected chi connectivity index (χ2v) is 19.3. The van der Waals surface area contributed by atoms with Gasteiger partial charge >= 0.3 is 6.09 Å². The number of fused-ring (bicyclic) bond motifs is 3. The number of carbonyl (C=O) groups excluding carboxylic acids is 3. The van der Waals surface area contributed by atoms with Gasteiger partial charge in [0.15, 0.2) is 0 Å². The summed E-state index contributed by atoms with van der Waals surface area (Å²) in [7, 11) is -4.08. The first-order valence-corrected chi connectivity index (χ1v) is 21.6. The molecular weight excluding hydrogens is 777 g/mol. The summed E-state index contributed by atoms with van der Waals surface area (Å²) in [5, 5.41) is 14.7. The molecule has 7 atom stereocenters. The molecule has 2 saturated carbocycles. The number of carbonyl (C=O) groups is 4. The van der Waals surface area contributed by atoms with Gasteiger partial charge in [0.05, 0.1) is 24.1 Å². The molecule has 4 aliphatic rings. The molecule has 4 amide bonds. The van der Waals surface area contributed by atoms with Crippen LogP contribution in [0.15, 0.2) is 42.6 Å². The zero-order valence-electron chi connectivity index (χ0n) is 33.9. The van der Waals surface area contributed by atoms with Gasteiger partial charge in [0, 0.05) is 23.1 Å². The number of nitrogens with zero attached hydrogens (tertiary/aromatic N) is 3. The highest BCUT2D eigenvalue weighted by Crippen LogP contribution is 2.48. The first kappa shape index (κ1) is 43.0. The zero-order chi connectivity index (χ0) is 42.4. The van der Waals surface area contributed by atoms with E-state index in [0.717, 1.165) is 13.8 Å². The van der Waals surface area contributed by atoms with Crippen molar-refractivity contribution in [3.63, 3.8) is 0 Å². The minimum atomic E-state index is -4.08. The fourth-order valence-electron chi connectivity index (χ4n) is 8.42. The highest BCUT2D eigenvalue weighted by Gasteiger charge is 2.63. The number of carboxylic acid groups (broad SMARTS) is 1. The van der Waals surface area contributed by atoms with Crippen molar-refractivity contribution in [1.29, 1.82) is 0 Å². The molecule has 6 rings (SSSR count). The van der Waals surface area contributed by atoms with Crippen molar-refractivity contribution in [3.8, 4) is 11.6 Å². The minimum Gasteiger partial charge on any atom is -0.492 e. The number of alkyl halides is 2. The number of sulfonamides is 1. The number of halogens is 2. The number of aromatic nitrogens is 1. The third-order valence-corrected chi connectivity index (χ3v) is 14.7. The number of benzene rings is 1. The van der Waals surface area contributed by atoms with Crippen LogP contribution in [0.25, 0.3) is 10.8 Å². The van der Waals surface area contributed by atoms with E-state index in [1.807, 2.05) is 32.1 Å². The molecule has 0 bridgehead atoms. The van der Waals surface area contributed by atoms with Gasteiger partial charge in [0.1, 0.15) is 35.0 Å². The van der Waals surface area contributed by atoms with Crippen molar-refractivity contribution in [2.75, 3.05) is 13.2 Å². The normalized spacial score (nSPS) is 28.7. The maximum absolute atomic E-state index is 15.2. The van der Waals surface area contributed by atoms with Crippen LogP contribution in [-0.2, 0) is 24.4 Å². The first-order valence-electron chi connectivity index (χ1n) is 20.1. The predicted molar refractivity (Wildman–Crippen MR) is 211 cm³/mol. The van der Waals surface area contributed by atoms with E-state index >= 15 is 4.79 Å². The smallest absolute Gasteiger partial charge is 0.408 e. The van der Waals surface area contributed by atoms with Crippen molar-refractivity contribution in [1.82, 2.24) is 24.8 Å². The largest absolute Gasteiger partial charge is 0.492 e. The second kappa shape index (κ2) is 16.3. The van der Waals surface area contributed by atoms with E-state index in [1.165, 1.54) is 11.1 Å². The van der Waals surface area contributed by atoms with Crippen molar-refractivity contribution >= 4 is 44.6 Å². The first-order chi connectivity index (χ1) is 27.3. The fourth-order valence-corrected chi connectivity index (χ4v) is 9.73. The molecule has 0 radical (unpaired) electrons. The van der Waals surface area contributed by atoms with Crippen molar-refractivity contribution in [2.45, 2.75) is 133 Å². The third kappa shape index (κ3) is 8.19. The van der Waals surface area contributed by atoms with E-state index in [4.69, 9.17) is 9.47 Å². The van der Waals surface area contributed by atoms with Gasteiger partial charge in [0.25, 0.3) is 12.3 Å². The molecule has 58 heavy (non-hydrogen) atoms. The molecule has 0 spiro atoms. The summed E-state index contributed by atoms with van der Waals surface area (Å²) in [6, 6.07) is 4.24. The predicted octanol–water partition coefficient (Wildman–Crippen LogP) is 5.65. The molecule has 2 aromatic rings. The Morgan fingerprint density at radius 3 is 2.47 bits per heavy atom. The van der Waals surface area contributed by atoms with Crippen LogP contribution in [0.3, 0.4) is 0 Å². The van der Waals surface area contributed by atoms with E-state index < -0.39 is 86.1 Å². The van der Waals surface area contributed by atoms with Crippen LogP contribution in [0, 0.1) is 17.8 Å². The van der Waals surface area contributed by atoms with Crippen LogP contribution in [0.1, 0.15) is 92.9 Å². The Morgan fingerprint density at radius 1 is 1.16 bits per heavy atom. The average molecular weight is 832 g/mol. The number of allylic oxidation sites excluding steroid dienone is 1. The van der Waals surface area contributed by atoms with Crippen molar-refractivity contribution < 1.29 is 51.0 Å². The molecule has 1 saturated heterocycles. The van der Waals surface area contributed by atoms with Crippen LogP contribution >= 0.6 is 0 Å². The number of rotatable bonds is 11. The third-order valence-electron chi connectivity index (χ3n) is 12.5. The average Bonchev–Trinajstić information content (AvgIpc) is 4.05. The Morgan fingerprint density at radius 2 is 1.84 bits per heavy atom. The van der Waals surface area contributed by atoms with Crippen LogP contribution in [0.2, 0.25) is 0 Å². The number of hydrogen-bond acceptors (Lipinski definition) is 9. The van der Waals surface area contributed by atoms with Crippen LogP contribution < -0.4 is 19.5 Å². The van der Waals surface area contributed by atoms with Gasteiger partial charge < -0.3 is 24.8 Å². The molecule has 3 fully saturated rings. The highest BCUT2D eigenvalue weighted by atomic mass is 32.2. The van der Waals surface area contributed by atoms with E-state index in [9.17, 15) is 36.7 Å². The molecule has 1 aromatic heterocycles.